The van der Waals surface area contributed by atoms with E-state index in [1.807, 2.05) is 4.90 Å². The van der Waals surface area contributed by atoms with Crippen molar-refractivity contribution in [1.29, 1.82) is 0 Å². The normalized spacial score (nSPS) is 15.3. The van der Waals surface area contributed by atoms with Crippen molar-refractivity contribution >= 4 is 17.0 Å². The van der Waals surface area contributed by atoms with Crippen LogP contribution in [-0.4, -0.2) is 42.6 Å². The number of aromatic amines is 1. The summed E-state index contributed by atoms with van der Waals surface area (Å²) in [4.78, 5) is 33.6. The van der Waals surface area contributed by atoms with Gasteiger partial charge in [0.2, 0.25) is 5.95 Å². The average molecular weight is 369 g/mol. The van der Waals surface area contributed by atoms with Crippen LogP contribution in [0.15, 0.2) is 27.9 Å². The number of aromatic nitrogens is 6. The molecule has 0 unspecified atom stereocenters. The molecule has 4 heterocycles. The Morgan fingerprint density at radius 2 is 1.96 bits per heavy atom. The summed E-state index contributed by atoms with van der Waals surface area (Å²) in [6.45, 7) is 8.20. The third kappa shape index (κ3) is 3.13. The standard InChI is InChI=1S/C18H23N7O2/c1-18(2,3)13-5-6-14(26)25(22-13)10-11-8-24(9-11)17-20-15-12(16(27)21-17)7-19-23(15)4/h5-7,11H,8-10H2,1-4H3,(H,20,21,27). The summed E-state index contributed by atoms with van der Waals surface area (Å²) in [6.07, 6.45) is 1.52. The van der Waals surface area contributed by atoms with Gasteiger partial charge >= 0.3 is 0 Å². The number of rotatable bonds is 3. The van der Waals surface area contributed by atoms with Crippen LogP contribution in [0.4, 0.5) is 5.95 Å². The van der Waals surface area contributed by atoms with Crippen molar-refractivity contribution in [2.24, 2.45) is 13.0 Å². The highest BCUT2D eigenvalue weighted by atomic mass is 16.1. The molecule has 27 heavy (non-hydrogen) atoms. The van der Waals surface area contributed by atoms with Gasteiger partial charge in [0.25, 0.3) is 11.1 Å². The third-order valence-electron chi connectivity index (χ3n) is 4.91. The fourth-order valence-corrected chi connectivity index (χ4v) is 3.25. The Bertz CT molecular complexity index is 1110. The molecule has 0 aliphatic carbocycles. The van der Waals surface area contributed by atoms with Gasteiger partial charge in [-0.25, -0.2) is 4.68 Å². The fourth-order valence-electron chi connectivity index (χ4n) is 3.25. The minimum Gasteiger partial charge on any atom is -0.341 e. The predicted octanol–water partition coefficient (Wildman–Crippen LogP) is 0.647. The van der Waals surface area contributed by atoms with Crippen LogP contribution < -0.4 is 16.0 Å². The van der Waals surface area contributed by atoms with Gasteiger partial charge in [0.15, 0.2) is 5.65 Å². The van der Waals surface area contributed by atoms with E-state index in [4.69, 9.17) is 0 Å². The van der Waals surface area contributed by atoms with Crippen LogP contribution in [0, 0.1) is 5.92 Å². The van der Waals surface area contributed by atoms with Crippen molar-refractivity contribution in [3.8, 4) is 0 Å². The molecular formula is C18H23N7O2. The SMILES string of the molecule is Cn1ncc2c(=O)[nH]c(N3CC(Cn4nc(C(C)(C)C)ccc4=O)C3)nc21. The number of H-pyrrole nitrogens is 1. The molecule has 0 atom stereocenters. The van der Waals surface area contributed by atoms with E-state index in [1.54, 1.807) is 28.5 Å². The number of aryl methyl sites for hydroxylation is 1. The van der Waals surface area contributed by atoms with E-state index in [-0.39, 0.29) is 22.5 Å². The Hall–Kier alpha value is -2.97. The van der Waals surface area contributed by atoms with E-state index in [0.29, 0.717) is 36.6 Å². The highest BCUT2D eigenvalue weighted by Gasteiger charge is 2.30. The van der Waals surface area contributed by atoms with Crippen molar-refractivity contribution < 1.29 is 0 Å². The van der Waals surface area contributed by atoms with Crippen molar-refractivity contribution in [2.45, 2.75) is 32.7 Å². The molecule has 1 aliphatic rings. The van der Waals surface area contributed by atoms with Crippen molar-refractivity contribution in [2.75, 3.05) is 18.0 Å². The summed E-state index contributed by atoms with van der Waals surface area (Å²) in [5.41, 5.74) is 1.06. The minimum absolute atomic E-state index is 0.0933. The van der Waals surface area contributed by atoms with Crippen LogP contribution in [0.5, 0.6) is 0 Å². The molecule has 0 aromatic carbocycles. The molecule has 1 saturated heterocycles. The van der Waals surface area contributed by atoms with E-state index >= 15 is 0 Å². The maximum absolute atomic E-state index is 12.2. The van der Waals surface area contributed by atoms with E-state index in [1.165, 1.54) is 6.20 Å². The Labute approximate surface area is 155 Å². The maximum Gasteiger partial charge on any atom is 0.266 e. The number of fused-ring (bicyclic) bond motifs is 1. The van der Waals surface area contributed by atoms with Crippen LogP contribution in [0.2, 0.25) is 0 Å². The van der Waals surface area contributed by atoms with Gasteiger partial charge in [-0.3, -0.25) is 19.3 Å². The molecule has 142 valence electrons. The largest absolute Gasteiger partial charge is 0.341 e. The van der Waals surface area contributed by atoms with Gasteiger partial charge in [0, 0.05) is 37.5 Å². The second-order valence-corrected chi connectivity index (χ2v) is 8.15. The fraction of sp³-hybridized carbons (Fsp3) is 0.500. The molecule has 9 nitrogen and oxygen atoms in total. The molecule has 9 heteroatoms. The van der Waals surface area contributed by atoms with Gasteiger partial charge < -0.3 is 4.90 Å². The zero-order valence-corrected chi connectivity index (χ0v) is 15.9. The number of hydrogen-bond acceptors (Lipinski definition) is 6. The van der Waals surface area contributed by atoms with Gasteiger partial charge in [0.1, 0.15) is 5.39 Å². The summed E-state index contributed by atoms with van der Waals surface area (Å²) < 4.78 is 3.13. The first-order chi connectivity index (χ1) is 12.7. The van der Waals surface area contributed by atoms with Crippen LogP contribution in [-0.2, 0) is 19.0 Å². The van der Waals surface area contributed by atoms with E-state index in [0.717, 1.165) is 5.69 Å². The Balaban J connectivity index is 1.50. The molecule has 0 spiro atoms. The van der Waals surface area contributed by atoms with Crippen LogP contribution in [0.25, 0.3) is 11.0 Å². The second-order valence-electron chi connectivity index (χ2n) is 8.15. The molecular weight excluding hydrogens is 346 g/mol. The molecule has 3 aromatic rings. The lowest BCUT2D eigenvalue weighted by Gasteiger charge is -2.39. The van der Waals surface area contributed by atoms with Crippen LogP contribution in [0.1, 0.15) is 26.5 Å². The highest BCUT2D eigenvalue weighted by molar-refractivity contribution is 5.74. The Morgan fingerprint density at radius 3 is 2.67 bits per heavy atom. The summed E-state index contributed by atoms with van der Waals surface area (Å²) in [5, 5.41) is 9.08. The third-order valence-corrected chi connectivity index (χ3v) is 4.91. The summed E-state index contributed by atoms with van der Waals surface area (Å²) in [5.74, 6) is 0.814. The molecule has 1 fully saturated rings. The molecule has 1 N–H and O–H groups in total. The first kappa shape index (κ1) is 17.4. The molecule has 0 saturated carbocycles. The van der Waals surface area contributed by atoms with Crippen LogP contribution in [0.3, 0.4) is 0 Å². The highest BCUT2D eigenvalue weighted by Crippen LogP contribution is 2.23. The minimum atomic E-state index is -0.192. The monoisotopic (exact) mass is 369 g/mol. The van der Waals surface area contributed by atoms with E-state index < -0.39 is 0 Å². The number of anilines is 1. The molecule has 1 aliphatic heterocycles. The molecule has 0 radical (unpaired) electrons. The smallest absolute Gasteiger partial charge is 0.266 e. The molecule has 0 bridgehead atoms. The summed E-state index contributed by atoms with van der Waals surface area (Å²) >= 11 is 0. The number of hydrogen-bond donors (Lipinski definition) is 1. The molecule has 0 amide bonds. The first-order valence-electron chi connectivity index (χ1n) is 8.98. The first-order valence-corrected chi connectivity index (χ1v) is 8.98. The van der Waals surface area contributed by atoms with E-state index in [9.17, 15) is 9.59 Å². The second kappa shape index (κ2) is 6.04. The predicted molar refractivity (Wildman–Crippen MR) is 102 cm³/mol. The van der Waals surface area contributed by atoms with Gasteiger partial charge in [0.05, 0.1) is 18.4 Å². The van der Waals surface area contributed by atoms with E-state index in [2.05, 4.69) is 40.9 Å². The number of nitrogens with one attached hydrogen (secondary N) is 1. The quantitative estimate of drug-likeness (QED) is 0.727. The van der Waals surface area contributed by atoms with Gasteiger partial charge in [-0.05, 0) is 6.07 Å². The average Bonchev–Trinajstić information content (AvgIpc) is 2.92. The lowest BCUT2D eigenvalue weighted by molar-refractivity contribution is 0.326. The van der Waals surface area contributed by atoms with Crippen molar-refractivity contribution in [1.82, 2.24) is 29.5 Å². The lowest BCUT2D eigenvalue weighted by Crippen LogP contribution is -2.51. The zero-order valence-electron chi connectivity index (χ0n) is 15.9. The topological polar surface area (TPSA) is 102 Å². The van der Waals surface area contributed by atoms with Gasteiger partial charge in [-0.2, -0.15) is 15.2 Å². The van der Waals surface area contributed by atoms with Crippen LogP contribution >= 0.6 is 0 Å². The number of nitrogens with zero attached hydrogens (tertiary/aromatic N) is 6. The summed E-state index contributed by atoms with van der Waals surface area (Å²) in [6, 6.07) is 3.38. The van der Waals surface area contributed by atoms with Crippen molar-refractivity contribution in [3.05, 3.63) is 44.7 Å². The Morgan fingerprint density at radius 1 is 1.22 bits per heavy atom. The zero-order chi connectivity index (χ0) is 19.3. The van der Waals surface area contributed by atoms with Crippen molar-refractivity contribution in [3.63, 3.8) is 0 Å². The summed E-state index contributed by atoms with van der Waals surface area (Å²) in [7, 11) is 1.76. The van der Waals surface area contributed by atoms with Gasteiger partial charge in [-0.15, -0.1) is 0 Å². The maximum atomic E-state index is 12.2. The molecule has 4 rings (SSSR count). The van der Waals surface area contributed by atoms with Gasteiger partial charge in [-0.1, -0.05) is 20.8 Å². The lowest BCUT2D eigenvalue weighted by atomic mass is 9.92. The Kier molecular flexibility index (Phi) is 3.90. The molecule has 3 aromatic heterocycles.